The van der Waals surface area contributed by atoms with Crippen molar-refractivity contribution in [2.24, 2.45) is 0 Å². The van der Waals surface area contributed by atoms with Crippen LogP contribution >= 0.6 is 11.8 Å². The molecule has 1 aromatic rings. The fourth-order valence-corrected chi connectivity index (χ4v) is 2.62. The normalized spacial score (nSPS) is 15.7. The van der Waals surface area contributed by atoms with E-state index in [4.69, 9.17) is 5.11 Å². The second-order valence-corrected chi connectivity index (χ2v) is 5.97. The van der Waals surface area contributed by atoms with Gasteiger partial charge in [0.1, 0.15) is 6.04 Å². The number of rotatable bonds is 9. The Kier molecular flexibility index (Phi) is 5.54. The Hall–Kier alpha value is -1.64. The highest BCUT2D eigenvalue weighted by Crippen LogP contribution is 2.36. The fraction of sp³-hybridized carbons (Fsp3) is 0.750. The minimum absolute atomic E-state index is 0.114. The Morgan fingerprint density at radius 2 is 2.29 bits per heavy atom. The number of carbonyl (C=O) groups excluding carboxylic acids is 1. The fourth-order valence-electron chi connectivity index (χ4n) is 1.86. The SMILES string of the molecule is CCCC[C@H](NC(=O)CSc1nnnn1C1CC1)C(=O)O. The molecule has 0 unspecified atom stereocenters. The van der Waals surface area contributed by atoms with Crippen LogP contribution in [0, 0.1) is 0 Å². The number of aromatic nitrogens is 4. The Balaban J connectivity index is 1.80. The first-order valence-corrected chi connectivity index (χ1v) is 8.03. The first-order valence-electron chi connectivity index (χ1n) is 7.04. The maximum atomic E-state index is 11.8. The van der Waals surface area contributed by atoms with Gasteiger partial charge in [-0.25, -0.2) is 9.48 Å². The van der Waals surface area contributed by atoms with E-state index in [0.29, 0.717) is 17.6 Å². The molecule has 1 atom stereocenters. The standard InChI is InChI=1S/C12H19N5O3S/c1-2-3-4-9(11(19)20)13-10(18)7-21-12-14-15-16-17(12)8-5-6-8/h8-9H,2-7H2,1H3,(H,13,18)(H,19,20)/t9-/m0/s1. The van der Waals surface area contributed by atoms with Crippen LogP contribution in [0.1, 0.15) is 45.1 Å². The summed E-state index contributed by atoms with van der Waals surface area (Å²) >= 11 is 1.23. The van der Waals surface area contributed by atoms with Crippen LogP contribution in [-0.2, 0) is 9.59 Å². The molecule has 2 N–H and O–H groups in total. The van der Waals surface area contributed by atoms with Crippen LogP contribution in [0.2, 0.25) is 0 Å². The molecule has 0 spiro atoms. The smallest absolute Gasteiger partial charge is 0.326 e. The van der Waals surface area contributed by atoms with Gasteiger partial charge in [-0.2, -0.15) is 0 Å². The van der Waals surface area contributed by atoms with Crippen molar-refractivity contribution in [1.82, 2.24) is 25.5 Å². The molecule has 2 rings (SSSR count). The van der Waals surface area contributed by atoms with E-state index in [1.807, 2.05) is 6.92 Å². The van der Waals surface area contributed by atoms with Gasteiger partial charge in [-0.1, -0.05) is 31.5 Å². The molecular weight excluding hydrogens is 294 g/mol. The van der Waals surface area contributed by atoms with Gasteiger partial charge in [-0.05, 0) is 29.7 Å². The van der Waals surface area contributed by atoms with Crippen molar-refractivity contribution in [2.45, 2.75) is 56.3 Å². The molecule has 21 heavy (non-hydrogen) atoms. The Morgan fingerprint density at radius 1 is 1.52 bits per heavy atom. The van der Waals surface area contributed by atoms with Crippen molar-refractivity contribution in [3.8, 4) is 0 Å². The van der Waals surface area contributed by atoms with E-state index >= 15 is 0 Å². The van der Waals surface area contributed by atoms with Gasteiger partial charge in [-0.15, -0.1) is 5.10 Å². The van der Waals surface area contributed by atoms with E-state index in [0.717, 1.165) is 25.7 Å². The van der Waals surface area contributed by atoms with Gasteiger partial charge in [0.2, 0.25) is 11.1 Å². The molecule has 0 aromatic carbocycles. The van der Waals surface area contributed by atoms with Gasteiger partial charge in [-0.3, -0.25) is 4.79 Å². The van der Waals surface area contributed by atoms with E-state index in [1.165, 1.54) is 11.8 Å². The third kappa shape index (κ3) is 4.69. The molecule has 0 saturated heterocycles. The summed E-state index contributed by atoms with van der Waals surface area (Å²) in [6.45, 7) is 1.98. The number of hydrogen-bond acceptors (Lipinski definition) is 6. The van der Waals surface area contributed by atoms with Crippen molar-refractivity contribution in [2.75, 3.05) is 5.75 Å². The predicted molar refractivity (Wildman–Crippen MR) is 75.9 cm³/mol. The lowest BCUT2D eigenvalue weighted by Crippen LogP contribution is -2.41. The molecule has 1 aliphatic rings. The zero-order chi connectivity index (χ0) is 15.2. The lowest BCUT2D eigenvalue weighted by atomic mass is 10.1. The molecule has 1 fully saturated rings. The van der Waals surface area contributed by atoms with Gasteiger partial charge in [0.05, 0.1) is 11.8 Å². The number of unbranched alkanes of at least 4 members (excludes halogenated alkanes) is 1. The molecule has 1 saturated carbocycles. The second kappa shape index (κ2) is 7.39. The molecule has 0 radical (unpaired) electrons. The highest BCUT2D eigenvalue weighted by molar-refractivity contribution is 7.99. The second-order valence-electron chi connectivity index (χ2n) is 5.03. The van der Waals surface area contributed by atoms with Crippen LogP contribution in [0.5, 0.6) is 0 Å². The maximum absolute atomic E-state index is 11.8. The summed E-state index contributed by atoms with van der Waals surface area (Å²) in [5.74, 6) is -1.19. The monoisotopic (exact) mass is 313 g/mol. The van der Waals surface area contributed by atoms with E-state index in [1.54, 1.807) is 4.68 Å². The van der Waals surface area contributed by atoms with Crippen LogP contribution in [0.25, 0.3) is 0 Å². The number of aliphatic carboxylic acids is 1. The van der Waals surface area contributed by atoms with Crippen LogP contribution < -0.4 is 5.32 Å². The maximum Gasteiger partial charge on any atom is 0.326 e. The number of carboxylic acids is 1. The summed E-state index contributed by atoms with van der Waals surface area (Å²) in [7, 11) is 0. The van der Waals surface area contributed by atoms with Crippen molar-refractivity contribution in [3.63, 3.8) is 0 Å². The van der Waals surface area contributed by atoms with E-state index in [2.05, 4.69) is 20.8 Å². The van der Waals surface area contributed by atoms with Gasteiger partial charge in [0, 0.05) is 0 Å². The van der Waals surface area contributed by atoms with Crippen molar-refractivity contribution < 1.29 is 14.7 Å². The predicted octanol–water partition coefficient (Wildman–Crippen LogP) is 0.860. The third-order valence-electron chi connectivity index (χ3n) is 3.17. The summed E-state index contributed by atoms with van der Waals surface area (Å²) in [5, 5.41) is 23.6. The van der Waals surface area contributed by atoms with Crippen molar-refractivity contribution in [3.05, 3.63) is 0 Å². The minimum Gasteiger partial charge on any atom is -0.480 e. The number of carboxylic acid groups (broad SMARTS) is 1. The van der Waals surface area contributed by atoms with E-state index in [-0.39, 0.29) is 11.7 Å². The molecule has 1 aromatic heterocycles. The largest absolute Gasteiger partial charge is 0.480 e. The Bertz CT molecular complexity index is 503. The first-order chi connectivity index (χ1) is 10.1. The van der Waals surface area contributed by atoms with Gasteiger partial charge >= 0.3 is 5.97 Å². The van der Waals surface area contributed by atoms with E-state index < -0.39 is 12.0 Å². The summed E-state index contributed by atoms with van der Waals surface area (Å²) in [4.78, 5) is 22.9. The quantitative estimate of drug-likeness (QED) is 0.650. The molecule has 1 aliphatic carbocycles. The summed E-state index contributed by atoms with van der Waals surface area (Å²) in [6.07, 6.45) is 4.22. The minimum atomic E-state index is -0.996. The summed E-state index contributed by atoms with van der Waals surface area (Å²) in [5.41, 5.74) is 0. The van der Waals surface area contributed by atoms with Crippen LogP contribution in [0.15, 0.2) is 5.16 Å². The zero-order valence-corrected chi connectivity index (χ0v) is 12.7. The molecule has 0 aliphatic heterocycles. The topological polar surface area (TPSA) is 110 Å². The van der Waals surface area contributed by atoms with Gasteiger partial charge in [0.25, 0.3) is 0 Å². The molecule has 1 amide bonds. The number of nitrogens with one attached hydrogen (secondary N) is 1. The van der Waals surface area contributed by atoms with Crippen molar-refractivity contribution >= 4 is 23.6 Å². The van der Waals surface area contributed by atoms with Crippen LogP contribution in [0.3, 0.4) is 0 Å². The average molecular weight is 313 g/mol. The van der Waals surface area contributed by atoms with Crippen molar-refractivity contribution in [1.29, 1.82) is 0 Å². The molecular formula is C12H19N5O3S. The average Bonchev–Trinajstić information content (AvgIpc) is 3.19. The van der Waals surface area contributed by atoms with Crippen LogP contribution in [0.4, 0.5) is 0 Å². The lowest BCUT2D eigenvalue weighted by Gasteiger charge is -2.13. The Labute approximate surface area is 126 Å². The first kappa shape index (κ1) is 15.7. The molecule has 0 bridgehead atoms. The number of carbonyl (C=O) groups is 2. The number of amides is 1. The van der Waals surface area contributed by atoms with E-state index in [9.17, 15) is 9.59 Å². The summed E-state index contributed by atoms with van der Waals surface area (Å²) in [6, 6.07) is -0.473. The van der Waals surface area contributed by atoms with Gasteiger partial charge < -0.3 is 10.4 Å². The number of thioether (sulfide) groups is 1. The number of nitrogens with zero attached hydrogens (tertiary/aromatic N) is 4. The highest BCUT2D eigenvalue weighted by Gasteiger charge is 2.28. The molecule has 1 heterocycles. The molecule has 9 heteroatoms. The Morgan fingerprint density at radius 3 is 2.90 bits per heavy atom. The number of hydrogen-bond donors (Lipinski definition) is 2. The summed E-state index contributed by atoms with van der Waals surface area (Å²) < 4.78 is 1.73. The third-order valence-corrected chi connectivity index (χ3v) is 4.10. The molecule has 8 nitrogen and oxygen atoms in total. The zero-order valence-electron chi connectivity index (χ0n) is 11.9. The molecule has 116 valence electrons. The van der Waals surface area contributed by atoms with Gasteiger partial charge in [0.15, 0.2) is 0 Å². The van der Waals surface area contributed by atoms with Crippen LogP contribution in [-0.4, -0.2) is 49.0 Å². The highest BCUT2D eigenvalue weighted by atomic mass is 32.2. The lowest BCUT2D eigenvalue weighted by molar-refractivity contribution is -0.141. The number of tetrazole rings is 1.